The summed E-state index contributed by atoms with van der Waals surface area (Å²) in [4.78, 5) is 26.7. The third-order valence-corrected chi connectivity index (χ3v) is 4.56. The minimum atomic E-state index is -0.255. The van der Waals surface area contributed by atoms with Crippen LogP contribution < -0.4 is 10.6 Å². The highest BCUT2D eigenvalue weighted by atomic mass is 16.4. The molecule has 0 aliphatic carbocycles. The zero-order valence-corrected chi connectivity index (χ0v) is 15.1. The second kappa shape index (κ2) is 8.18. The van der Waals surface area contributed by atoms with Crippen LogP contribution >= 0.6 is 0 Å². The lowest BCUT2D eigenvalue weighted by molar-refractivity contribution is -0.125. The van der Waals surface area contributed by atoms with Gasteiger partial charge in [0.05, 0.1) is 12.6 Å². The summed E-state index contributed by atoms with van der Waals surface area (Å²) in [7, 11) is 0. The van der Waals surface area contributed by atoms with Crippen molar-refractivity contribution in [3.05, 3.63) is 42.1 Å². The third kappa shape index (κ3) is 4.13. The summed E-state index contributed by atoms with van der Waals surface area (Å²) >= 11 is 0. The van der Waals surface area contributed by atoms with Crippen LogP contribution in [0.2, 0.25) is 0 Å². The molecule has 1 aliphatic heterocycles. The number of nitrogens with one attached hydrogen (secondary N) is 2. The Morgan fingerprint density at radius 3 is 2.88 bits per heavy atom. The lowest BCUT2D eigenvalue weighted by Gasteiger charge is -2.20. The summed E-state index contributed by atoms with van der Waals surface area (Å²) in [6, 6.07) is 5.01. The van der Waals surface area contributed by atoms with Crippen molar-refractivity contribution in [3.8, 4) is 0 Å². The predicted octanol–water partition coefficient (Wildman–Crippen LogP) is 0.853. The van der Waals surface area contributed by atoms with Crippen molar-refractivity contribution in [2.75, 3.05) is 19.6 Å². The molecule has 0 spiro atoms. The molecule has 2 aromatic heterocycles. The number of furan rings is 1. The van der Waals surface area contributed by atoms with Gasteiger partial charge in [-0.1, -0.05) is 6.92 Å². The maximum Gasteiger partial charge on any atom is 0.287 e. The van der Waals surface area contributed by atoms with Gasteiger partial charge >= 0.3 is 0 Å². The van der Waals surface area contributed by atoms with Gasteiger partial charge in [0.2, 0.25) is 5.91 Å². The molecule has 0 unspecified atom stereocenters. The Labute approximate surface area is 152 Å². The van der Waals surface area contributed by atoms with Crippen LogP contribution in [0.1, 0.15) is 36.6 Å². The minimum absolute atomic E-state index is 0.0191. The number of hydrogen-bond acceptors (Lipinski definition) is 5. The van der Waals surface area contributed by atoms with Crippen molar-refractivity contribution >= 4 is 11.8 Å². The van der Waals surface area contributed by atoms with Crippen molar-refractivity contribution in [2.45, 2.75) is 38.9 Å². The van der Waals surface area contributed by atoms with E-state index >= 15 is 0 Å². The van der Waals surface area contributed by atoms with E-state index in [4.69, 9.17) is 4.42 Å². The van der Waals surface area contributed by atoms with Crippen LogP contribution in [-0.4, -0.2) is 58.2 Å². The number of carbonyl (C=O) groups is 2. The number of amides is 2. The molecule has 0 saturated carbocycles. The molecule has 1 fully saturated rings. The first-order chi connectivity index (χ1) is 12.6. The third-order valence-electron chi connectivity index (χ3n) is 4.56. The van der Waals surface area contributed by atoms with Gasteiger partial charge in [-0.25, -0.2) is 0 Å². The summed E-state index contributed by atoms with van der Waals surface area (Å²) < 4.78 is 7.36. The molecule has 8 heteroatoms. The first-order valence-electron chi connectivity index (χ1n) is 8.99. The summed E-state index contributed by atoms with van der Waals surface area (Å²) in [5.41, 5.74) is 0. The lowest BCUT2D eigenvalue weighted by Crippen LogP contribution is -2.42. The van der Waals surface area contributed by atoms with E-state index in [0.717, 1.165) is 6.54 Å². The first kappa shape index (κ1) is 18.2. The highest BCUT2D eigenvalue weighted by Crippen LogP contribution is 2.19. The number of nitrogens with zero attached hydrogens (tertiary/aromatic N) is 3. The molecule has 140 valence electrons. The van der Waals surface area contributed by atoms with E-state index in [-0.39, 0.29) is 29.7 Å². The molecule has 26 heavy (non-hydrogen) atoms. The molecule has 2 atom stereocenters. The predicted molar refractivity (Wildman–Crippen MR) is 95.6 cm³/mol. The second-order valence-electron chi connectivity index (χ2n) is 6.37. The average Bonchev–Trinajstić information content (AvgIpc) is 3.36. The summed E-state index contributed by atoms with van der Waals surface area (Å²) in [6.07, 6.45) is 4.13. The largest absolute Gasteiger partial charge is 0.454 e. The monoisotopic (exact) mass is 359 g/mol. The number of likely N-dealkylation sites (N-methyl/N-ethyl adjacent to an activating group) is 2. The number of carbonyl (C=O) groups excluding carboxylic acids is 2. The summed E-state index contributed by atoms with van der Waals surface area (Å²) in [5.74, 6) is 0.706. The van der Waals surface area contributed by atoms with E-state index in [9.17, 15) is 9.59 Å². The maximum absolute atomic E-state index is 12.5. The molecule has 1 aliphatic rings. The number of aromatic nitrogens is 2. The highest BCUT2D eigenvalue weighted by Gasteiger charge is 2.36. The van der Waals surface area contributed by atoms with E-state index < -0.39 is 0 Å². The summed E-state index contributed by atoms with van der Waals surface area (Å²) in [6.45, 7) is 6.43. The van der Waals surface area contributed by atoms with Gasteiger partial charge in [0.25, 0.3) is 5.91 Å². The van der Waals surface area contributed by atoms with Crippen LogP contribution in [0.25, 0.3) is 0 Å². The zero-order valence-electron chi connectivity index (χ0n) is 15.1. The van der Waals surface area contributed by atoms with E-state index in [1.807, 2.05) is 26.1 Å². The zero-order chi connectivity index (χ0) is 18.5. The second-order valence-corrected chi connectivity index (χ2v) is 6.37. The summed E-state index contributed by atoms with van der Waals surface area (Å²) in [5, 5.41) is 9.96. The molecule has 0 aromatic carbocycles. The van der Waals surface area contributed by atoms with Crippen LogP contribution in [0.3, 0.4) is 0 Å². The molecule has 3 rings (SSSR count). The van der Waals surface area contributed by atoms with Gasteiger partial charge in [-0.05, 0) is 38.1 Å². The molecule has 0 bridgehead atoms. The van der Waals surface area contributed by atoms with E-state index in [1.54, 1.807) is 23.0 Å². The Bertz CT molecular complexity index is 740. The molecule has 2 aromatic rings. The Balaban J connectivity index is 1.58. The fourth-order valence-electron chi connectivity index (χ4n) is 3.32. The average molecular weight is 359 g/mol. The number of hydrogen-bond donors (Lipinski definition) is 2. The Morgan fingerprint density at radius 2 is 2.19 bits per heavy atom. The minimum Gasteiger partial charge on any atom is -0.454 e. The first-order valence-corrected chi connectivity index (χ1v) is 8.99. The fourth-order valence-corrected chi connectivity index (χ4v) is 3.32. The normalized spacial score (nSPS) is 20.2. The molecular formula is C18H25N5O3. The van der Waals surface area contributed by atoms with Crippen molar-refractivity contribution in [1.29, 1.82) is 0 Å². The van der Waals surface area contributed by atoms with E-state index in [1.165, 1.54) is 0 Å². The van der Waals surface area contributed by atoms with Gasteiger partial charge in [0, 0.05) is 31.5 Å². The van der Waals surface area contributed by atoms with Gasteiger partial charge in [-0.15, -0.1) is 0 Å². The highest BCUT2D eigenvalue weighted by molar-refractivity contribution is 5.92. The van der Waals surface area contributed by atoms with Crippen molar-refractivity contribution in [1.82, 2.24) is 25.3 Å². The number of rotatable bonds is 7. The standard InChI is InChI=1S/C18H25N5O3/c1-3-19-17(24)15-10-13(11-22(15)4-2)21-18(25)16-7-6-14(26-16)12-23-9-5-8-20-23/h5-9,13,15H,3-4,10-12H2,1-2H3,(H,19,24)(H,21,25)/t13-,15-/m0/s1. The molecule has 0 radical (unpaired) electrons. The smallest absolute Gasteiger partial charge is 0.287 e. The molecule has 2 N–H and O–H groups in total. The quantitative estimate of drug-likeness (QED) is 0.765. The molecule has 2 amide bonds. The van der Waals surface area contributed by atoms with Crippen LogP contribution in [0, 0.1) is 0 Å². The Hall–Kier alpha value is -2.61. The Kier molecular flexibility index (Phi) is 5.72. The van der Waals surface area contributed by atoms with Crippen LogP contribution in [0.15, 0.2) is 35.0 Å². The molecule has 1 saturated heterocycles. The van der Waals surface area contributed by atoms with Crippen molar-refractivity contribution in [2.24, 2.45) is 0 Å². The number of likely N-dealkylation sites (tertiary alicyclic amines) is 1. The van der Waals surface area contributed by atoms with Crippen LogP contribution in [0.5, 0.6) is 0 Å². The van der Waals surface area contributed by atoms with Gasteiger partial charge in [-0.3, -0.25) is 19.2 Å². The molecule has 8 nitrogen and oxygen atoms in total. The Morgan fingerprint density at radius 1 is 1.35 bits per heavy atom. The van der Waals surface area contributed by atoms with Gasteiger partial charge in [0.15, 0.2) is 5.76 Å². The van der Waals surface area contributed by atoms with Gasteiger partial charge in [0.1, 0.15) is 5.76 Å². The van der Waals surface area contributed by atoms with Crippen molar-refractivity contribution < 1.29 is 14.0 Å². The van der Waals surface area contributed by atoms with Crippen molar-refractivity contribution in [3.63, 3.8) is 0 Å². The SMILES string of the molecule is CCNC(=O)[C@@H]1C[C@H](NC(=O)c2ccc(Cn3cccn3)o2)CN1CC. The van der Waals surface area contributed by atoms with E-state index in [2.05, 4.69) is 20.6 Å². The maximum atomic E-state index is 12.5. The topological polar surface area (TPSA) is 92.4 Å². The molecular weight excluding hydrogens is 334 g/mol. The molecule has 3 heterocycles. The fraction of sp³-hybridized carbons (Fsp3) is 0.500. The van der Waals surface area contributed by atoms with Crippen LogP contribution in [0.4, 0.5) is 0 Å². The lowest BCUT2D eigenvalue weighted by atomic mass is 10.1. The van der Waals surface area contributed by atoms with Crippen LogP contribution in [-0.2, 0) is 11.3 Å². The van der Waals surface area contributed by atoms with Gasteiger partial charge in [-0.2, -0.15) is 5.10 Å². The van der Waals surface area contributed by atoms with E-state index in [0.29, 0.717) is 31.8 Å². The van der Waals surface area contributed by atoms with Gasteiger partial charge < -0.3 is 15.1 Å².